The van der Waals surface area contributed by atoms with Crippen molar-refractivity contribution in [3.05, 3.63) is 223 Å². The molecule has 0 amide bonds. The summed E-state index contributed by atoms with van der Waals surface area (Å²) in [4.78, 5) is 43.2. The first kappa shape index (κ1) is 53.3. The summed E-state index contributed by atoms with van der Waals surface area (Å²) in [6.07, 6.45) is -1.72. The van der Waals surface area contributed by atoms with Gasteiger partial charge in [0.15, 0.2) is 6.23 Å². The highest BCUT2D eigenvalue weighted by Gasteiger charge is 2.53. The minimum absolute atomic E-state index is 0.00112. The molecular weight excluding hydrogens is 955 g/mol. The Bertz CT molecular complexity index is 3020. The zero-order valence-corrected chi connectivity index (χ0v) is 43.9. The molecule has 0 radical (unpaired) electrons. The second-order valence-electron chi connectivity index (χ2n) is 19.4. The third-order valence-electron chi connectivity index (χ3n) is 14.0. The van der Waals surface area contributed by atoms with Gasteiger partial charge in [-0.2, -0.15) is 0 Å². The minimum Gasteiger partial charge on any atom is -0.497 e. The number of carboxylic acid groups (broad SMARTS) is 1. The summed E-state index contributed by atoms with van der Waals surface area (Å²) in [6.45, 7) is 8.02. The zero-order valence-electron chi connectivity index (χ0n) is 42.9. The molecule has 4 atom stereocenters. The molecule has 4 N–H and O–H groups in total. The number of hydrogen-bond acceptors (Lipinski definition) is 11. The number of methoxy groups -OCH3 is 3. The summed E-state index contributed by atoms with van der Waals surface area (Å²) < 4.78 is 47.2. The molecule has 15 heteroatoms. The van der Waals surface area contributed by atoms with Crippen LogP contribution in [0.3, 0.4) is 0 Å². The van der Waals surface area contributed by atoms with E-state index in [9.17, 15) is 19.5 Å². The fraction of sp³-hybridized carbons (Fsp3) is 0.305. The van der Waals surface area contributed by atoms with E-state index in [0.29, 0.717) is 28.2 Å². The summed E-state index contributed by atoms with van der Waals surface area (Å²) in [5.41, 5.74) is 7.89. The number of hydrogen-bond donors (Lipinski definition) is 3. The van der Waals surface area contributed by atoms with Crippen LogP contribution >= 0.6 is 0 Å². The van der Waals surface area contributed by atoms with E-state index < -0.39 is 60.5 Å². The lowest BCUT2D eigenvalue weighted by molar-refractivity contribution is -0.0983. The summed E-state index contributed by atoms with van der Waals surface area (Å²) in [7, 11) is 1.47. The molecule has 0 unspecified atom stereocenters. The largest absolute Gasteiger partial charge is 0.497 e. The fourth-order valence-corrected chi connectivity index (χ4v) is 15.0. The number of rotatable bonds is 21. The van der Waals surface area contributed by atoms with Crippen molar-refractivity contribution in [2.75, 3.05) is 41.2 Å². The average Bonchev–Trinajstić information content (AvgIpc) is 3.77. The van der Waals surface area contributed by atoms with E-state index in [1.807, 2.05) is 121 Å². The highest BCUT2D eigenvalue weighted by molar-refractivity contribution is 6.99. The van der Waals surface area contributed by atoms with Gasteiger partial charge in [-0.1, -0.05) is 142 Å². The maximum atomic E-state index is 14.1. The Hall–Kier alpha value is -6.95. The molecule has 386 valence electrons. The van der Waals surface area contributed by atoms with Crippen molar-refractivity contribution in [2.45, 2.75) is 75.8 Å². The number of nitrogens with one attached hydrogen (secondary N) is 1. The van der Waals surface area contributed by atoms with Gasteiger partial charge in [-0.15, -0.1) is 0 Å². The van der Waals surface area contributed by atoms with Crippen LogP contribution in [-0.4, -0.2) is 82.3 Å². The molecule has 0 saturated carbocycles. The molecule has 1 aliphatic rings. The number of aromatic nitrogens is 2. The Labute approximate surface area is 432 Å². The number of aromatic carboxylic acids is 1. The number of ether oxygens (including phenoxy) is 6. The van der Waals surface area contributed by atoms with Crippen LogP contribution < -0.4 is 36.8 Å². The lowest BCUT2D eigenvalue weighted by atomic mass is 9.79. The van der Waals surface area contributed by atoms with E-state index in [1.165, 1.54) is 10.8 Å². The molecule has 14 nitrogen and oxygen atoms in total. The monoisotopic (exact) mass is 1020 g/mol. The predicted octanol–water partition coefficient (Wildman–Crippen LogP) is 7.82. The maximum Gasteiger partial charge on any atom is 0.336 e. The Morgan fingerprint density at radius 1 is 0.757 bits per heavy atom. The molecule has 1 fully saturated rings. The third kappa shape index (κ3) is 10.5. The standard InChI is InChI=1S/C59H65N3O11Si/c1-39-36-62(57(66)61-54(39)63)55-53(70-32-31-67-5)52(51(73-55)38-71-59(41-17-11-8-12-18-41,42-23-27-44(68-6)28-24-42)43-25-29-45(69-7)30-26-43)48-33-40(35-60)34-49(56(64)65)50(48)37-72-74(58(2,3)4,46-19-13-9-14-20-46)47-21-15-10-16-22-47/h8-30,33-34,36,51-53,55H,31-32,35,37-38,60H2,1-7H3,(H,64,65)(H,61,63,66)/t51-,52+,53+,55+/m0/s1. The van der Waals surface area contributed by atoms with Crippen LogP contribution in [0, 0.1) is 6.92 Å². The molecular formula is C59H65N3O11Si. The van der Waals surface area contributed by atoms with E-state index in [4.69, 9.17) is 38.6 Å². The molecule has 1 saturated heterocycles. The van der Waals surface area contributed by atoms with Gasteiger partial charge in [-0.05, 0) is 86.0 Å². The normalized spacial score (nSPS) is 17.0. The number of carboxylic acids is 1. The molecule has 7 aromatic rings. The Morgan fingerprint density at radius 2 is 1.30 bits per heavy atom. The summed E-state index contributed by atoms with van der Waals surface area (Å²) in [5.74, 6) is -0.769. The SMILES string of the molecule is COCCO[C@@H]1[C@H](c2cc(CN)cc(C(=O)O)c2CO[Si](c2ccccc2)(c2ccccc2)C(C)(C)C)[C@H](COC(c2ccccc2)(c2ccc(OC)cc2)c2ccc(OC)cc2)O[C@H]1n1cc(C)c(=O)[nH]c1=O. The molecule has 2 heterocycles. The van der Waals surface area contributed by atoms with Crippen LogP contribution in [-0.2, 0) is 42.1 Å². The van der Waals surface area contributed by atoms with Crippen LogP contribution in [0.2, 0.25) is 5.04 Å². The van der Waals surface area contributed by atoms with E-state index >= 15 is 0 Å². The lowest BCUT2D eigenvalue weighted by Gasteiger charge is -2.43. The maximum absolute atomic E-state index is 14.1. The highest BCUT2D eigenvalue weighted by atomic mass is 28.4. The van der Waals surface area contributed by atoms with E-state index in [-0.39, 0.29) is 44.1 Å². The van der Waals surface area contributed by atoms with Gasteiger partial charge in [0, 0.05) is 31.3 Å². The van der Waals surface area contributed by atoms with Crippen molar-refractivity contribution in [3.63, 3.8) is 0 Å². The first-order chi connectivity index (χ1) is 35.7. The quantitative estimate of drug-likeness (QED) is 0.0361. The van der Waals surface area contributed by atoms with Gasteiger partial charge in [0.2, 0.25) is 0 Å². The second-order valence-corrected chi connectivity index (χ2v) is 23.7. The highest BCUT2D eigenvalue weighted by Crippen LogP contribution is 2.48. The number of benzene rings is 6. The molecule has 1 aliphatic heterocycles. The van der Waals surface area contributed by atoms with Crippen LogP contribution in [0.4, 0.5) is 0 Å². The lowest BCUT2D eigenvalue weighted by Crippen LogP contribution is -2.66. The summed E-state index contributed by atoms with van der Waals surface area (Å²) in [6, 6.07) is 48.9. The van der Waals surface area contributed by atoms with Gasteiger partial charge in [-0.25, -0.2) is 9.59 Å². The molecule has 0 aliphatic carbocycles. The van der Waals surface area contributed by atoms with Crippen LogP contribution in [0.25, 0.3) is 0 Å². The minimum atomic E-state index is -3.30. The van der Waals surface area contributed by atoms with Gasteiger partial charge in [0.25, 0.3) is 13.9 Å². The van der Waals surface area contributed by atoms with Crippen LogP contribution in [0.1, 0.15) is 82.2 Å². The number of carbonyl (C=O) groups is 1. The van der Waals surface area contributed by atoms with E-state index in [0.717, 1.165) is 27.1 Å². The van der Waals surface area contributed by atoms with Gasteiger partial charge in [-0.3, -0.25) is 14.3 Å². The smallest absolute Gasteiger partial charge is 0.336 e. The molecule has 0 bridgehead atoms. The summed E-state index contributed by atoms with van der Waals surface area (Å²) in [5, 5.41) is 12.8. The zero-order chi connectivity index (χ0) is 52.6. The molecule has 0 spiro atoms. The Morgan fingerprint density at radius 3 is 1.80 bits per heavy atom. The van der Waals surface area contributed by atoms with Crippen molar-refractivity contribution in [2.24, 2.45) is 5.73 Å². The molecule has 74 heavy (non-hydrogen) atoms. The van der Waals surface area contributed by atoms with Gasteiger partial charge < -0.3 is 43.7 Å². The third-order valence-corrected chi connectivity index (χ3v) is 19.0. The number of aromatic amines is 1. The first-order valence-corrected chi connectivity index (χ1v) is 26.5. The molecule has 8 rings (SSSR count). The molecule has 6 aromatic carbocycles. The number of nitrogens with zero attached hydrogens (tertiary/aromatic N) is 1. The van der Waals surface area contributed by atoms with Crippen LogP contribution in [0.5, 0.6) is 11.5 Å². The van der Waals surface area contributed by atoms with E-state index in [1.54, 1.807) is 34.3 Å². The average molecular weight is 1020 g/mol. The van der Waals surface area contributed by atoms with Crippen molar-refractivity contribution in [3.8, 4) is 11.5 Å². The number of H-pyrrole nitrogens is 1. The fourth-order valence-electron chi connectivity index (χ4n) is 10.4. The van der Waals surface area contributed by atoms with Crippen molar-refractivity contribution in [1.29, 1.82) is 0 Å². The Balaban J connectivity index is 1.38. The van der Waals surface area contributed by atoms with E-state index in [2.05, 4.69) is 50.0 Å². The van der Waals surface area contributed by atoms with Gasteiger partial charge in [0.05, 0.1) is 52.3 Å². The van der Waals surface area contributed by atoms with Crippen LogP contribution in [0.15, 0.2) is 167 Å². The van der Waals surface area contributed by atoms with Gasteiger partial charge >= 0.3 is 11.7 Å². The molecule has 1 aromatic heterocycles. The topological polar surface area (TPSA) is 183 Å². The van der Waals surface area contributed by atoms with Crippen molar-refractivity contribution >= 4 is 24.7 Å². The second kappa shape index (κ2) is 23.1. The summed E-state index contributed by atoms with van der Waals surface area (Å²) >= 11 is 0. The van der Waals surface area contributed by atoms with Gasteiger partial charge in [0.1, 0.15) is 23.2 Å². The number of nitrogens with two attached hydrogens (primary N) is 1. The van der Waals surface area contributed by atoms with Crippen molar-refractivity contribution < 1.29 is 42.7 Å². The number of aryl methyl sites for hydroxylation is 1. The van der Waals surface area contributed by atoms with Crippen molar-refractivity contribution in [1.82, 2.24) is 9.55 Å². The first-order valence-electron chi connectivity index (χ1n) is 24.6. The predicted molar refractivity (Wildman–Crippen MR) is 286 cm³/mol. The Kier molecular flexibility index (Phi) is 16.6.